The number of rotatable bonds is 4. The number of carbonyl (C=O) groups is 1. The highest BCUT2D eigenvalue weighted by molar-refractivity contribution is 14.1. The lowest BCUT2D eigenvalue weighted by Crippen LogP contribution is -2.31. The van der Waals surface area contributed by atoms with Gasteiger partial charge in [-0.25, -0.2) is 0 Å². The fraction of sp³-hybridized carbons (Fsp3) is 0.417. The predicted octanol–water partition coefficient (Wildman–Crippen LogP) is 3.80. The number of amides is 1. The molecular formula is C12H12BrClINO. The maximum Gasteiger partial charge on any atom is 0.252 e. The van der Waals surface area contributed by atoms with Crippen LogP contribution < -0.4 is 5.32 Å². The number of benzene rings is 1. The minimum Gasteiger partial charge on any atom is -0.351 e. The maximum atomic E-state index is 12.0. The van der Waals surface area contributed by atoms with E-state index in [0.29, 0.717) is 18.0 Å². The van der Waals surface area contributed by atoms with E-state index >= 15 is 0 Å². The molecule has 1 atom stereocenters. The Morgan fingerprint density at radius 3 is 2.94 bits per heavy atom. The molecule has 1 fully saturated rings. The zero-order valence-electron chi connectivity index (χ0n) is 9.05. The molecule has 0 aromatic heterocycles. The second-order valence-electron chi connectivity index (χ2n) is 4.19. The fourth-order valence-corrected chi connectivity index (χ4v) is 2.85. The molecule has 1 aliphatic carbocycles. The number of nitrogens with one attached hydrogen (secondary N) is 1. The molecule has 1 N–H and O–H groups in total. The molecule has 5 heteroatoms. The van der Waals surface area contributed by atoms with Gasteiger partial charge in [0, 0.05) is 14.6 Å². The van der Waals surface area contributed by atoms with Crippen molar-refractivity contribution >= 4 is 56.0 Å². The molecule has 92 valence electrons. The van der Waals surface area contributed by atoms with Crippen LogP contribution in [0.3, 0.4) is 0 Å². The van der Waals surface area contributed by atoms with E-state index in [0.717, 1.165) is 8.04 Å². The van der Waals surface area contributed by atoms with Gasteiger partial charge in [0.15, 0.2) is 0 Å². The topological polar surface area (TPSA) is 29.1 Å². The van der Waals surface area contributed by atoms with Gasteiger partial charge < -0.3 is 5.32 Å². The first-order valence-corrected chi connectivity index (χ1v) is 7.76. The minimum atomic E-state index is -0.0537. The van der Waals surface area contributed by atoms with Gasteiger partial charge in [0.25, 0.3) is 5.91 Å². The number of hydrogen-bond donors (Lipinski definition) is 1. The first-order valence-electron chi connectivity index (χ1n) is 5.45. The van der Waals surface area contributed by atoms with Gasteiger partial charge in [0.2, 0.25) is 0 Å². The lowest BCUT2D eigenvalue weighted by molar-refractivity contribution is 0.0952. The van der Waals surface area contributed by atoms with E-state index in [1.165, 1.54) is 12.8 Å². The van der Waals surface area contributed by atoms with Crippen LogP contribution in [0, 0.1) is 9.49 Å². The summed E-state index contributed by atoms with van der Waals surface area (Å²) in [4.78, 5) is 12.0. The second-order valence-corrected chi connectivity index (χ2v) is 6.83. The molecule has 0 saturated heterocycles. The van der Waals surface area contributed by atoms with E-state index in [4.69, 9.17) is 11.6 Å². The van der Waals surface area contributed by atoms with Crippen LogP contribution in [0.15, 0.2) is 22.7 Å². The molecule has 0 bridgehead atoms. The van der Waals surface area contributed by atoms with Gasteiger partial charge in [-0.1, -0.05) is 15.9 Å². The van der Waals surface area contributed by atoms with Crippen molar-refractivity contribution in [2.24, 2.45) is 5.92 Å². The molecule has 1 aliphatic rings. The van der Waals surface area contributed by atoms with Crippen molar-refractivity contribution in [3.05, 3.63) is 31.8 Å². The summed E-state index contributed by atoms with van der Waals surface area (Å²) in [6, 6.07) is 5.67. The van der Waals surface area contributed by atoms with Gasteiger partial charge in [0.1, 0.15) is 0 Å². The predicted molar refractivity (Wildman–Crippen MR) is 81.6 cm³/mol. The van der Waals surface area contributed by atoms with E-state index in [9.17, 15) is 4.79 Å². The maximum absolute atomic E-state index is 12.0. The van der Waals surface area contributed by atoms with E-state index in [2.05, 4.69) is 43.8 Å². The molecule has 2 rings (SSSR count). The first-order chi connectivity index (χ1) is 8.08. The number of carbonyl (C=O) groups excluding carboxylic acids is 1. The average molecular weight is 428 g/mol. The third kappa shape index (κ3) is 3.83. The van der Waals surface area contributed by atoms with Crippen LogP contribution in [0.25, 0.3) is 0 Å². The molecule has 0 spiro atoms. The van der Waals surface area contributed by atoms with E-state index < -0.39 is 0 Å². The van der Waals surface area contributed by atoms with Crippen LogP contribution in [0.1, 0.15) is 23.2 Å². The first kappa shape index (κ1) is 13.6. The van der Waals surface area contributed by atoms with Crippen molar-refractivity contribution in [3.8, 4) is 0 Å². The molecule has 0 aliphatic heterocycles. The van der Waals surface area contributed by atoms with Crippen LogP contribution in [0.4, 0.5) is 0 Å². The molecule has 1 amide bonds. The smallest absolute Gasteiger partial charge is 0.252 e. The normalized spacial score (nSPS) is 16.6. The van der Waals surface area contributed by atoms with Crippen LogP contribution in [0.5, 0.6) is 0 Å². The van der Waals surface area contributed by atoms with Crippen molar-refractivity contribution in [2.45, 2.75) is 18.2 Å². The highest BCUT2D eigenvalue weighted by Crippen LogP contribution is 2.35. The summed E-state index contributed by atoms with van der Waals surface area (Å²) in [6.45, 7) is 0.549. The Hall–Kier alpha value is 0.190. The van der Waals surface area contributed by atoms with Gasteiger partial charge in [-0.3, -0.25) is 4.79 Å². The summed E-state index contributed by atoms with van der Waals surface area (Å²) < 4.78 is 1.86. The lowest BCUT2D eigenvalue weighted by atomic mass is 10.2. The zero-order chi connectivity index (χ0) is 12.4. The van der Waals surface area contributed by atoms with E-state index in [1.807, 2.05) is 18.2 Å². The van der Waals surface area contributed by atoms with Crippen LogP contribution >= 0.6 is 50.1 Å². The molecule has 1 aromatic rings. The SMILES string of the molecule is O=C(NCC(Cl)C1CC1)c1cc(Br)ccc1I. The molecule has 1 aromatic carbocycles. The van der Waals surface area contributed by atoms with Crippen molar-refractivity contribution in [1.29, 1.82) is 0 Å². The molecular weight excluding hydrogens is 416 g/mol. The van der Waals surface area contributed by atoms with Gasteiger partial charge in [-0.05, 0) is 59.5 Å². The molecule has 2 nitrogen and oxygen atoms in total. The summed E-state index contributed by atoms with van der Waals surface area (Å²) in [7, 11) is 0. The van der Waals surface area contributed by atoms with Gasteiger partial charge in [-0.2, -0.15) is 0 Å². The van der Waals surface area contributed by atoms with Crippen molar-refractivity contribution in [3.63, 3.8) is 0 Å². The van der Waals surface area contributed by atoms with Crippen LogP contribution in [-0.2, 0) is 0 Å². The summed E-state index contributed by atoms with van der Waals surface area (Å²) in [6.07, 6.45) is 2.39. The number of halogens is 3. The monoisotopic (exact) mass is 427 g/mol. The largest absolute Gasteiger partial charge is 0.351 e. The third-order valence-electron chi connectivity index (χ3n) is 2.76. The standard InChI is InChI=1S/C12H12BrClINO/c13-8-3-4-11(15)9(5-8)12(17)16-6-10(14)7-1-2-7/h3-5,7,10H,1-2,6H2,(H,16,17). The molecule has 0 heterocycles. The van der Waals surface area contributed by atoms with Crippen LogP contribution in [-0.4, -0.2) is 17.8 Å². The quantitative estimate of drug-likeness (QED) is 0.574. The second kappa shape index (κ2) is 5.89. The summed E-state index contributed by atoms with van der Waals surface area (Å²) in [5.41, 5.74) is 0.694. The molecule has 0 radical (unpaired) electrons. The summed E-state index contributed by atoms with van der Waals surface area (Å²) in [5, 5.41) is 2.96. The fourth-order valence-electron chi connectivity index (χ4n) is 1.58. The minimum absolute atomic E-state index is 0.0537. The zero-order valence-corrected chi connectivity index (χ0v) is 13.5. The Labute approximate surface area is 128 Å². The highest BCUT2D eigenvalue weighted by Gasteiger charge is 2.29. The van der Waals surface area contributed by atoms with Crippen molar-refractivity contribution in [1.82, 2.24) is 5.32 Å². The average Bonchev–Trinajstić information content (AvgIpc) is 3.12. The summed E-state index contributed by atoms with van der Waals surface area (Å²) >= 11 is 11.7. The Bertz CT molecular complexity index is 437. The van der Waals surface area contributed by atoms with Gasteiger partial charge in [-0.15, -0.1) is 11.6 Å². The Kier molecular flexibility index (Phi) is 4.72. The summed E-state index contributed by atoms with van der Waals surface area (Å²) in [5.74, 6) is 0.542. The lowest BCUT2D eigenvalue weighted by Gasteiger charge is -2.10. The van der Waals surface area contributed by atoms with Crippen molar-refractivity contribution < 1.29 is 4.79 Å². The van der Waals surface area contributed by atoms with Crippen molar-refractivity contribution in [2.75, 3.05) is 6.54 Å². The Morgan fingerprint density at radius 2 is 2.29 bits per heavy atom. The molecule has 1 unspecified atom stereocenters. The Morgan fingerprint density at radius 1 is 1.59 bits per heavy atom. The van der Waals surface area contributed by atoms with E-state index in [1.54, 1.807) is 0 Å². The van der Waals surface area contributed by atoms with Gasteiger partial charge >= 0.3 is 0 Å². The van der Waals surface area contributed by atoms with E-state index in [-0.39, 0.29) is 11.3 Å². The third-order valence-corrected chi connectivity index (χ3v) is 4.71. The highest BCUT2D eigenvalue weighted by atomic mass is 127. The number of hydrogen-bond acceptors (Lipinski definition) is 1. The van der Waals surface area contributed by atoms with Crippen LogP contribution in [0.2, 0.25) is 0 Å². The molecule has 17 heavy (non-hydrogen) atoms. The molecule has 1 saturated carbocycles. The van der Waals surface area contributed by atoms with Gasteiger partial charge in [0.05, 0.1) is 10.9 Å². The Balaban J connectivity index is 1.96. The number of alkyl halides is 1.